The van der Waals surface area contributed by atoms with Crippen LogP contribution in [-0.2, 0) is 6.54 Å². The van der Waals surface area contributed by atoms with Crippen molar-refractivity contribution in [2.24, 2.45) is 0 Å². The molecular weight excluding hydrogens is 275 g/mol. The Morgan fingerprint density at radius 3 is 2.85 bits per heavy atom. The van der Waals surface area contributed by atoms with Gasteiger partial charge in [0, 0.05) is 17.5 Å². The Balaban J connectivity index is 1.79. The van der Waals surface area contributed by atoms with E-state index in [1.54, 1.807) is 12.1 Å². The molecule has 0 radical (unpaired) electrons. The second-order valence-corrected chi connectivity index (χ2v) is 6.12. The number of aromatic nitrogens is 1. The number of benzene rings is 1. The molecule has 106 valence electrons. The summed E-state index contributed by atoms with van der Waals surface area (Å²) in [4.78, 5) is 5.35. The maximum atomic E-state index is 13.4. The standard InChI is InChI=1S/C15H17FN2OS/c1-9-10(2)19-15(18-9)20-14-6-3-12(16)7-11(14)8-17-13-4-5-13/h3,6-7,13,17H,4-5,8H2,1-2H3. The van der Waals surface area contributed by atoms with Gasteiger partial charge in [-0.1, -0.05) is 0 Å². The largest absolute Gasteiger partial charge is 0.436 e. The minimum Gasteiger partial charge on any atom is -0.436 e. The van der Waals surface area contributed by atoms with Gasteiger partial charge >= 0.3 is 0 Å². The predicted octanol–water partition coefficient (Wildman–Crippen LogP) is 3.83. The fourth-order valence-electron chi connectivity index (χ4n) is 1.91. The molecule has 0 saturated heterocycles. The SMILES string of the molecule is Cc1nc(Sc2ccc(F)cc2CNC2CC2)oc1C. The van der Waals surface area contributed by atoms with E-state index >= 15 is 0 Å². The van der Waals surface area contributed by atoms with Gasteiger partial charge in [0.2, 0.25) is 0 Å². The molecule has 1 N–H and O–H groups in total. The van der Waals surface area contributed by atoms with E-state index in [2.05, 4.69) is 10.3 Å². The van der Waals surface area contributed by atoms with Crippen LogP contribution in [0, 0.1) is 19.7 Å². The zero-order valence-corrected chi connectivity index (χ0v) is 12.4. The van der Waals surface area contributed by atoms with Gasteiger partial charge in [-0.05, 0) is 62.2 Å². The molecule has 1 fully saturated rings. The van der Waals surface area contributed by atoms with Crippen LogP contribution in [0.15, 0.2) is 32.7 Å². The van der Waals surface area contributed by atoms with E-state index < -0.39 is 0 Å². The van der Waals surface area contributed by atoms with Gasteiger partial charge in [0.05, 0.1) is 5.69 Å². The molecule has 1 heterocycles. The highest BCUT2D eigenvalue weighted by molar-refractivity contribution is 7.99. The molecule has 5 heteroatoms. The molecule has 0 amide bonds. The van der Waals surface area contributed by atoms with Crippen molar-refractivity contribution >= 4 is 11.8 Å². The number of nitrogens with one attached hydrogen (secondary N) is 1. The summed E-state index contributed by atoms with van der Waals surface area (Å²) in [6.45, 7) is 4.50. The Labute approximate surface area is 122 Å². The third kappa shape index (κ3) is 3.22. The minimum absolute atomic E-state index is 0.207. The molecular formula is C15H17FN2OS. The number of hydrogen-bond acceptors (Lipinski definition) is 4. The number of halogens is 1. The van der Waals surface area contributed by atoms with Crippen molar-refractivity contribution in [1.29, 1.82) is 0 Å². The van der Waals surface area contributed by atoms with E-state index in [1.165, 1.54) is 30.7 Å². The summed E-state index contributed by atoms with van der Waals surface area (Å²) in [5.74, 6) is 0.619. The fraction of sp³-hybridized carbons (Fsp3) is 0.400. The summed E-state index contributed by atoms with van der Waals surface area (Å²) in [7, 11) is 0. The van der Waals surface area contributed by atoms with Gasteiger partial charge < -0.3 is 9.73 Å². The van der Waals surface area contributed by atoms with Gasteiger partial charge in [0.15, 0.2) is 0 Å². The smallest absolute Gasteiger partial charge is 0.261 e. The van der Waals surface area contributed by atoms with Gasteiger partial charge in [-0.2, -0.15) is 0 Å². The van der Waals surface area contributed by atoms with Crippen molar-refractivity contribution in [3.63, 3.8) is 0 Å². The maximum absolute atomic E-state index is 13.4. The van der Waals surface area contributed by atoms with Crippen molar-refractivity contribution < 1.29 is 8.81 Å². The van der Waals surface area contributed by atoms with Crippen molar-refractivity contribution in [1.82, 2.24) is 10.3 Å². The molecule has 3 nitrogen and oxygen atoms in total. The van der Waals surface area contributed by atoms with Crippen LogP contribution >= 0.6 is 11.8 Å². The highest BCUT2D eigenvalue weighted by atomic mass is 32.2. The first kappa shape index (κ1) is 13.6. The zero-order valence-electron chi connectivity index (χ0n) is 11.6. The molecule has 0 spiro atoms. The number of hydrogen-bond donors (Lipinski definition) is 1. The highest BCUT2D eigenvalue weighted by Gasteiger charge is 2.21. The molecule has 20 heavy (non-hydrogen) atoms. The number of oxazole rings is 1. The van der Waals surface area contributed by atoms with Gasteiger partial charge in [-0.15, -0.1) is 0 Å². The maximum Gasteiger partial charge on any atom is 0.261 e. The monoisotopic (exact) mass is 292 g/mol. The number of nitrogens with zero attached hydrogens (tertiary/aromatic N) is 1. The van der Waals surface area contributed by atoms with Crippen molar-refractivity contribution in [2.45, 2.75) is 49.4 Å². The first-order valence-corrected chi connectivity index (χ1v) is 7.57. The first-order valence-electron chi connectivity index (χ1n) is 6.75. The third-order valence-corrected chi connectivity index (χ3v) is 4.35. The lowest BCUT2D eigenvalue weighted by Crippen LogP contribution is -2.15. The second kappa shape index (κ2) is 5.58. The average molecular weight is 292 g/mol. The van der Waals surface area contributed by atoms with Crippen LogP contribution in [0.4, 0.5) is 4.39 Å². The van der Waals surface area contributed by atoms with Gasteiger partial charge in [-0.3, -0.25) is 0 Å². The number of aryl methyl sites for hydroxylation is 2. The molecule has 1 saturated carbocycles. The minimum atomic E-state index is -0.207. The van der Waals surface area contributed by atoms with Crippen LogP contribution < -0.4 is 5.32 Å². The molecule has 0 unspecified atom stereocenters. The average Bonchev–Trinajstić information content (AvgIpc) is 3.17. The van der Waals surface area contributed by atoms with Crippen molar-refractivity contribution in [2.75, 3.05) is 0 Å². The molecule has 1 aromatic carbocycles. The quantitative estimate of drug-likeness (QED) is 0.909. The molecule has 0 bridgehead atoms. The normalized spacial score (nSPS) is 14.8. The lowest BCUT2D eigenvalue weighted by atomic mass is 10.2. The number of rotatable bonds is 5. The summed E-state index contributed by atoms with van der Waals surface area (Å²) >= 11 is 1.45. The Hall–Kier alpha value is -1.33. The summed E-state index contributed by atoms with van der Waals surface area (Å²) in [5.41, 5.74) is 1.85. The molecule has 1 aliphatic carbocycles. The molecule has 0 aliphatic heterocycles. The molecule has 1 aromatic heterocycles. The summed E-state index contributed by atoms with van der Waals surface area (Å²) in [6.07, 6.45) is 2.44. The van der Waals surface area contributed by atoms with Crippen molar-refractivity contribution in [3.8, 4) is 0 Å². The van der Waals surface area contributed by atoms with Crippen LogP contribution in [0.1, 0.15) is 29.9 Å². The second-order valence-electron chi connectivity index (χ2n) is 5.13. The predicted molar refractivity (Wildman–Crippen MR) is 76.4 cm³/mol. The van der Waals surface area contributed by atoms with E-state index in [9.17, 15) is 4.39 Å². The van der Waals surface area contributed by atoms with Crippen molar-refractivity contribution in [3.05, 3.63) is 41.0 Å². The topological polar surface area (TPSA) is 38.1 Å². The summed E-state index contributed by atoms with van der Waals surface area (Å²) in [5, 5.41) is 4.02. The molecule has 2 aromatic rings. The van der Waals surface area contributed by atoms with E-state index in [0.717, 1.165) is 21.9 Å². The highest BCUT2D eigenvalue weighted by Crippen LogP contribution is 2.32. The van der Waals surface area contributed by atoms with Crippen LogP contribution in [0.5, 0.6) is 0 Å². The van der Waals surface area contributed by atoms with Crippen LogP contribution in [0.3, 0.4) is 0 Å². The first-order chi connectivity index (χ1) is 9.61. The lowest BCUT2D eigenvalue weighted by Gasteiger charge is -2.08. The fourth-order valence-corrected chi connectivity index (χ4v) is 2.84. The van der Waals surface area contributed by atoms with E-state index in [4.69, 9.17) is 4.42 Å². The molecule has 1 aliphatic rings. The lowest BCUT2D eigenvalue weighted by molar-refractivity contribution is 0.431. The van der Waals surface area contributed by atoms with Gasteiger partial charge in [0.1, 0.15) is 11.6 Å². The molecule has 3 rings (SSSR count). The molecule has 0 atom stereocenters. The van der Waals surface area contributed by atoms with Crippen LogP contribution in [0.25, 0.3) is 0 Å². The third-order valence-electron chi connectivity index (χ3n) is 3.39. The zero-order chi connectivity index (χ0) is 14.1. The van der Waals surface area contributed by atoms with E-state index in [1.807, 2.05) is 13.8 Å². The van der Waals surface area contributed by atoms with E-state index in [0.29, 0.717) is 17.8 Å². The Morgan fingerprint density at radius 2 is 2.20 bits per heavy atom. The van der Waals surface area contributed by atoms with Crippen LogP contribution in [0.2, 0.25) is 0 Å². The summed E-state index contributed by atoms with van der Waals surface area (Å²) in [6, 6.07) is 5.45. The Kier molecular flexibility index (Phi) is 3.81. The van der Waals surface area contributed by atoms with Gasteiger partial charge in [0.25, 0.3) is 5.22 Å². The summed E-state index contributed by atoms with van der Waals surface area (Å²) < 4.78 is 19.0. The van der Waals surface area contributed by atoms with Crippen LogP contribution in [-0.4, -0.2) is 11.0 Å². The Morgan fingerprint density at radius 1 is 1.40 bits per heavy atom. The van der Waals surface area contributed by atoms with Gasteiger partial charge in [-0.25, -0.2) is 9.37 Å². The Bertz CT molecular complexity index is 603. The van der Waals surface area contributed by atoms with E-state index in [-0.39, 0.29) is 5.82 Å².